The van der Waals surface area contributed by atoms with Gasteiger partial charge in [0.25, 0.3) is 11.8 Å². The Labute approximate surface area is 116 Å². The van der Waals surface area contributed by atoms with Crippen molar-refractivity contribution in [3.05, 3.63) is 0 Å². The van der Waals surface area contributed by atoms with Crippen molar-refractivity contribution in [2.45, 2.75) is 39.4 Å². The van der Waals surface area contributed by atoms with Gasteiger partial charge in [0.2, 0.25) is 5.66 Å². The predicted molar refractivity (Wildman–Crippen MR) is 68.2 cm³/mol. The summed E-state index contributed by atoms with van der Waals surface area (Å²) in [5, 5.41) is 6.85. The number of hydrogen-bond donors (Lipinski definition) is 3. The van der Waals surface area contributed by atoms with Crippen molar-refractivity contribution in [2.24, 2.45) is 11.8 Å². The molecule has 2 aliphatic heterocycles. The summed E-state index contributed by atoms with van der Waals surface area (Å²) >= 11 is 0. The number of carbonyl (C=O) groups excluding carboxylic acids is 4. The Hall–Kier alpha value is -2.12. The summed E-state index contributed by atoms with van der Waals surface area (Å²) in [6.07, 6.45) is 0. The first-order valence-corrected chi connectivity index (χ1v) is 6.49. The number of imide groups is 2. The van der Waals surface area contributed by atoms with E-state index in [2.05, 4.69) is 16.0 Å². The van der Waals surface area contributed by atoms with E-state index in [-0.39, 0.29) is 5.92 Å². The molecule has 6 amide bonds. The molecule has 2 heterocycles. The fourth-order valence-electron chi connectivity index (χ4n) is 2.78. The lowest BCUT2D eigenvalue weighted by Gasteiger charge is -2.41. The van der Waals surface area contributed by atoms with Gasteiger partial charge in [0.05, 0.1) is 0 Å². The third-order valence-corrected chi connectivity index (χ3v) is 3.72. The van der Waals surface area contributed by atoms with Gasteiger partial charge in [-0.1, -0.05) is 27.7 Å². The monoisotopic (exact) mass is 282 g/mol. The Morgan fingerprint density at radius 2 is 1.65 bits per heavy atom. The van der Waals surface area contributed by atoms with Gasteiger partial charge in [0.1, 0.15) is 6.04 Å². The van der Waals surface area contributed by atoms with E-state index in [9.17, 15) is 19.2 Å². The second-order valence-electron chi connectivity index (χ2n) is 5.68. The highest BCUT2D eigenvalue weighted by Crippen LogP contribution is 2.32. The Morgan fingerprint density at radius 3 is 2.05 bits per heavy atom. The van der Waals surface area contributed by atoms with Crippen LogP contribution in [0.3, 0.4) is 0 Å². The number of carbonyl (C=O) groups is 4. The van der Waals surface area contributed by atoms with Crippen molar-refractivity contribution >= 4 is 23.9 Å². The molecule has 8 heteroatoms. The van der Waals surface area contributed by atoms with Crippen molar-refractivity contribution in [1.29, 1.82) is 0 Å². The number of urea groups is 2. The molecule has 0 bridgehead atoms. The van der Waals surface area contributed by atoms with Gasteiger partial charge in [-0.25, -0.2) is 9.59 Å². The zero-order chi connectivity index (χ0) is 15.2. The molecule has 0 aromatic carbocycles. The first kappa shape index (κ1) is 14.3. The van der Waals surface area contributed by atoms with E-state index in [0.29, 0.717) is 0 Å². The molecule has 0 spiro atoms. The Balaban J connectivity index is 2.54. The molecule has 0 aromatic heterocycles. The maximum atomic E-state index is 12.2. The molecule has 3 N–H and O–H groups in total. The first-order chi connectivity index (χ1) is 9.21. The molecule has 20 heavy (non-hydrogen) atoms. The van der Waals surface area contributed by atoms with E-state index >= 15 is 0 Å². The van der Waals surface area contributed by atoms with Gasteiger partial charge < -0.3 is 5.32 Å². The van der Waals surface area contributed by atoms with Gasteiger partial charge in [-0.05, 0) is 5.92 Å². The van der Waals surface area contributed by atoms with Gasteiger partial charge in [-0.15, -0.1) is 0 Å². The minimum Gasteiger partial charge on any atom is -0.306 e. The third kappa shape index (κ3) is 1.75. The number of nitrogens with zero attached hydrogens (tertiary/aromatic N) is 1. The van der Waals surface area contributed by atoms with Crippen LogP contribution in [-0.2, 0) is 9.59 Å². The molecule has 2 fully saturated rings. The Bertz CT molecular complexity index is 502. The van der Waals surface area contributed by atoms with Crippen LogP contribution in [0.1, 0.15) is 27.7 Å². The maximum absolute atomic E-state index is 12.2. The quantitative estimate of drug-likeness (QED) is 0.620. The second kappa shape index (κ2) is 4.46. The average molecular weight is 282 g/mol. The summed E-state index contributed by atoms with van der Waals surface area (Å²) in [7, 11) is 0. The van der Waals surface area contributed by atoms with Crippen LogP contribution in [0.4, 0.5) is 9.59 Å². The van der Waals surface area contributed by atoms with Gasteiger partial charge in [-0.3, -0.25) is 25.1 Å². The van der Waals surface area contributed by atoms with E-state index in [1.165, 1.54) is 0 Å². The van der Waals surface area contributed by atoms with E-state index in [1.807, 2.05) is 0 Å². The number of rotatable bonds is 3. The maximum Gasteiger partial charge on any atom is 0.327 e. The summed E-state index contributed by atoms with van der Waals surface area (Å²) < 4.78 is 0. The average Bonchev–Trinajstić information content (AvgIpc) is 2.75. The first-order valence-electron chi connectivity index (χ1n) is 6.49. The van der Waals surface area contributed by atoms with Crippen LogP contribution < -0.4 is 16.0 Å². The van der Waals surface area contributed by atoms with Crippen LogP contribution in [0.15, 0.2) is 0 Å². The van der Waals surface area contributed by atoms with Crippen LogP contribution >= 0.6 is 0 Å². The zero-order valence-electron chi connectivity index (χ0n) is 11.8. The molecular formula is C12H18N4O4. The summed E-state index contributed by atoms with van der Waals surface area (Å²) in [6.45, 7) is 6.97. The fourth-order valence-corrected chi connectivity index (χ4v) is 2.78. The molecule has 2 unspecified atom stereocenters. The normalized spacial score (nSPS) is 30.1. The number of nitrogens with one attached hydrogen (secondary N) is 3. The van der Waals surface area contributed by atoms with Crippen molar-refractivity contribution in [1.82, 2.24) is 20.9 Å². The molecule has 2 aliphatic rings. The van der Waals surface area contributed by atoms with E-state index in [0.717, 1.165) is 4.90 Å². The van der Waals surface area contributed by atoms with Gasteiger partial charge in [0.15, 0.2) is 0 Å². The van der Waals surface area contributed by atoms with Gasteiger partial charge in [0, 0.05) is 5.92 Å². The predicted octanol–water partition coefficient (Wildman–Crippen LogP) is -0.245. The standard InChI is InChI=1S/C12H18N4O4/c1-5(2)7-8(17)13-11(20)16(7)12(6(3)4)9(18)14-10(19)15-12/h5-7H,1-4H3,(H,13,17,20)(H2,14,15,18,19). The van der Waals surface area contributed by atoms with Crippen molar-refractivity contribution in [2.75, 3.05) is 0 Å². The van der Waals surface area contributed by atoms with Gasteiger partial charge in [-0.2, -0.15) is 0 Å². The Kier molecular flexibility index (Phi) is 3.19. The Morgan fingerprint density at radius 1 is 1.05 bits per heavy atom. The molecule has 0 aliphatic carbocycles. The summed E-state index contributed by atoms with van der Waals surface area (Å²) in [5.41, 5.74) is -1.54. The second-order valence-corrected chi connectivity index (χ2v) is 5.68. The zero-order valence-corrected chi connectivity index (χ0v) is 11.8. The molecule has 0 radical (unpaired) electrons. The molecule has 0 saturated carbocycles. The van der Waals surface area contributed by atoms with Crippen LogP contribution in [0.5, 0.6) is 0 Å². The lowest BCUT2D eigenvalue weighted by molar-refractivity contribution is -0.135. The summed E-state index contributed by atoms with van der Waals surface area (Å²) in [5.74, 6) is -1.67. The lowest BCUT2D eigenvalue weighted by atomic mass is 9.90. The highest BCUT2D eigenvalue weighted by Gasteiger charge is 2.61. The SMILES string of the molecule is CC(C)C1C(=O)NC(=O)N1C1(C(C)C)NC(=O)NC1=O. The third-order valence-electron chi connectivity index (χ3n) is 3.72. The van der Waals surface area contributed by atoms with Crippen LogP contribution in [0.25, 0.3) is 0 Å². The van der Waals surface area contributed by atoms with Crippen molar-refractivity contribution in [3.63, 3.8) is 0 Å². The smallest absolute Gasteiger partial charge is 0.306 e. The molecular weight excluding hydrogens is 264 g/mol. The van der Waals surface area contributed by atoms with Gasteiger partial charge >= 0.3 is 12.1 Å². The van der Waals surface area contributed by atoms with Crippen LogP contribution in [0.2, 0.25) is 0 Å². The van der Waals surface area contributed by atoms with Crippen LogP contribution in [-0.4, -0.2) is 40.5 Å². The topological polar surface area (TPSA) is 108 Å². The largest absolute Gasteiger partial charge is 0.327 e. The van der Waals surface area contributed by atoms with E-state index in [4.69, 9.17) is 0 Å². The fraction of sp³-hybridized carbons (Fsp3) is 0.667. The van der Waals surface area contributed by atoms with Crippen molar-refractivity contribution < 1.29 is 19.2 Å². The van der Waals surface area contributed by atoms with Crippen LogP contribution in [0, 0.1) is 11.8 Å². The number of hydrogen-bond acceptors (Lipinski definition) is 4. The molecule has 110 valence electrons. The molecule has 0 aromatic rings. The highest BCUT2D eigenvalue weighted by atomic mass is 16.2. The minimum atomic E-state index is -1.54. The van der Waals surface area contributed by atoms with E-state index < -0.39 is 41.5 Å². The molecule has 2 atom stereocenters. The lowest BCUT2D eigenvalue weighted by Crippen LogP contribution is -2.67. The molecule has 8 nitrogen and oxygen atoms in total. The number of amides is 6. The summed E-state index contributed by atoms with van der Waals surface area (Å²) in [6, 6.07) is -2.13. The minimum absolute atomic E-state index is 0.192. The molecule has 2 rings (SSSR count). The summed E-state index contributed by atoms with van der Waals surface area (Å²) in [4.78, 5) is 48.9. The highest BCUT2D eigenvalue weighted by molar-refractivity contribution is 6.12. The van der Waals surface area contributed by atoms with Crippen molar-refractivity contribution in [3.8, 4) is 0 Å². The molecule has 2 saturated heterocycles. The van der Waals surface area contributed by atoms with E-state index in [1.54, 1.807) is 27.7 Å².